The summed E-state index contributed by atoms with van der Waals surface area (Å²) in [7, 11) is 6.96. The molecule has 0 aromatic heterocycles. The van der Waals surface area contributed by atoms with E-state index in [2.05, 4.69) is 83.6 Å². The number of hydrogen-bond acceptors (Lipinski definition) is 12. The van der Waals surface area contributed by atoms with Crippen molar-refractivity contribution in [2.24, 2.45) is 23.7 Å². The molecule has 8 aromatic carbocycles. The number of fused-ring (bicyclic) bond motifs is 4. The standard InChI is InChI=1S/C76H86N4O8/c1-7-49(39-63(73-59-45-69(85-55-21-13-9-14-22-55)65(81-3)41-51(59)31-35-77-73)74-60-46-70(86-56-23-15-10-16-24-56)66(82-4)42-52(60)32-36-78-74)29-30-50(8-2)40-64(75-61-47-71(87-57-25-17-11-18-26-57)67(83-5)43-53(61)33-37-79-75)76-62-48-72(88-58-27-19-12-20-28-58)68(84-6)44-54(62)34-38-80-76/h9-28,41-50,63-64,73-80H,7-8,29-40H2,1-6H3. The maximum absolute atomic E-state index is 6.68. The minimum Gasteiger partial charge on any atom is -0.493 e. The summed E-state index contributed by atoms with van der Waals surface area (Å²) in [5.74, 6) is 10.1. The second-order valence-corrected chi connectivity index (χ2v) is 24.1. The van der Waals surface area contributed by atoms with Gasteiger partial charge in [0.2, 0.25) is 0 Å². The van der Waals surface area contributed by atoms with Gasteiger partial charge in [-0.3, -0.25) is 0 Å². The van der Waals surface area contributed by atoms with Crippen molar-refractivity contribution in [3.05, 3.63) is 214 Å². The lowest BCUT2D eigenvalue weighted by atomic mass is 9.71. The molecule has 4 aliphatic heterocycles. The average Bonchev–Trinajstić information content (AvgIpc) is 1.28. The molecule has 12 rings (SSSR count). The van der Waals surface area contributed by atoms with Gasteiger partial charge in [-0.05, 0) is 230 Å². The first kappa shape index (κ1) is 60.3. The fraction of sp³-hybridized carbons (Fsp3) is 0.368. The van der Waals surface area contributed by atoms with Crippen LogP contribution >= 0.6 is 0 Å². The maximum Gasteiger partial charge on any atom is 0.169 e. The smallest absolute Gasteiger partial charge is 0.169 e. The summed E-state index contributed by atoms with van der Waals surface area (Å²) in [6, 6.07) is 58.1. The van der Waals surface area contributed by atoms with Crippen LogP contribution in [0.15, 0.2) is 170 Å². The molecule has 12 heteroatoms. The zero-order chi connectivity index (χ0) is 60.3. The van der Waals surface area contributed by atoms with Crippen LogP contribution in [0.4, 0.5) is 0 Å². The summed E-state index contributed by atoms with van der Waals surface area (Å²) in [6.07, 6.45) is 9.86. The highest BCUT2D eigenvalue weighted by atomic mass is 16.5. The number of ether oxygens (including phenoxy) is 8. The highest BCUT2D eigenvalue weighted by Gasteiger charge is 2.41. The van der Waals surface area contributed by atoms with E-state index in [0.29, 0.717) is 11.8 Å². The maximum atomic E-state index is 6.68. The molecule has 4 N–H and O–H groups in total. The summed E-state index contributed by atoms with van der Waals surface area (Å²) < 4.78 is 51.0. The van der Waals surface area contributed by atoms with Crippen LogP contribution < -0.4 is 59.2 Å². The van der Waals surface area contributed by atoms with E-state index >= 15 is 0 Å². The van der Waals surface area contributed by atoms with Crippen molar-refractivity contribution in [3.8, 4) is 69.0 Å². The second-order valence-electron chi connectivity index (χ2n) is 24.1. The summed E-state index contributed by atoms with van der Waals surface area (Å²) in [4.78, 5) is 0. The van der Waals surface area contributed by atoms with Gasteiger partial charge in [-0.25, -0.2) is 0 Å². The predicted molar refractivity (Wildman–Crippen MR) is 349 cm³/mol. The SMILES string of the molecule is CCC(CCC(CC)CC(C1NCCc2cc(OC)c(Oc3ccccc3)cc21)C1NCCc2cc(OC)c(Oc3ccccc3)cc21)CC(C1NCCc2cc(OC)c(Oc3ccccc3)cc21)C1NCCc2cc(OC)c(Oc3ccccc3)cc21. The molecule has 4 heterocycles. The van der Waals surface area contributed by atoms with Crippen molar-refractivity contribution >= 4 is 0 Å². The lowest BCUT2D eigenvalue weighted by Crippen LogP contribution is -2.44. The Hall–Kier alpha value is -8.00. The Bertz CT molecular complexity index is 3130. The van der Waals surface area contributed by atoms with Gasteiger partial charge in [0.15, 0.2) is 46.0 Å². The Kier molecular flexibility index (Phi) is 19.5. The number of hydrogen-bond donors (Lipinski definition) is 4. The van der Waals surface area contributed by atoms with Gasteiger partial charge in [0.05, 0.1) is 28.4 Å². The van der Waals surface area contributed by atoms with Crippen LogP contribution in [-0.2, 0) is 25.7 Å². The van der Waals surface area contributed by atoms with Crippen molar-refractivity contribution < 1.29 is 37.9 Å². The molecular weight excluding hydrogens is 1100 g/mol. The van der Waals surface area contributed by atoms with E-state index in [-0.39, 0.29) is 36.0 Å². The van der Waals surface area contributed by atoms with E-state index in [1.807, 2.05) is 121 Å². The van der Waals surface area contributed by atoms with Crippen LogP contribution in [0.25, 0.3) is 0 Å². The first-order valence-electron chi connectivity index (χ1n) is 32.0. The largest absolute Gasteiger partial charge is 0.493 e. The summed E-state index contributed by atoms with van der Waals surface area (Å²) >= 11 is 0. The zero-order valence-corrected chi connectivity index (χ0v) is 52.0. The second kappa shape index (κ2) is 28.4. The normalized spacial score (nSPS) is 19.0. The van der Waals surface area contributed by atoms with Crippen LogP contribution in [0.1, 0.15) is 121 Å². The highest BCUT2D eigenvalue weighted by molar-refractivity contribution is 5.56. The number of nitrogens with one attached hydrogen (secondary N) is 4. The zero-order valence-electron chi connectivity index (χ0n) is 52.0. The molecule has 458 valence electrons. The van der Waals surface area contributed by atoms with Gasteiger partial charge in [-0.1, -0.05) is 112 Å². The van der Waals surface area contributed by atoms with Gasteiger partial charge >= 0.3 is 0 Å². The van der Waals surface area contributed by atoms with Crippen LogP contribution in [-0.4, -0.2) is 54.6 Å². The Morgan fingerprint density at radius 1 is 0.330 bits per heavy atom. The van der Waals surface area contributed by atoms with E-state index < -0.39 is 0 Å². The monoisotopic (exact) mass is 1180 g/mol. The molecule has 0 saturated carbocycles. The third-order valence-corrected chi connectivity index (χ3v) is 19.0. The van der Waals surface area contributed by atoms with Gasteiger partial charge in [0, 0.05) is 24.2 Å². The highest BCUT2D eigenvalue weighted by Crippen LogP contribution is 2.51. The first-order chi connectivity index (χ1) is 43.3. The van der Waals surface area contributed by atoms with E-state index in [0.717, 1.165) is 159 Å². The number of para-hydroxylation sites is 4. The van der Waals surface area contributed by atoms with Crippen molar-refractivity contribution in [1.82, 2.24) is 21.3 Å². The Morgan fingerprint density at radius 3 is 0.784 bits per heavy atom. The van der Waals surface area contributed by atoms with E-state index in [4.69, 9.17) is 37.9 Å². The molecule has 0 spiro atoms. The van der Waals surface area contributed by atoms with Crippen molar-refractivity contribution in [2.75, 3.05) is 54.6 Å². The lowest BCUT2D eigenvalue weighted by Gasteiger charge is -2.43. The third-order valence-electron chi connectivity index (χ3n) is 19.0. The molecule has 8 aromatic rings. The Labute approximate surface area is 520 Å². The minimum atomic E-state index is 0.0101. The van der Waals surface area contributed by atoms with E-state index in [1.54, 1.807) is 28.4 Å². The van der Waals surface area contributed by atoms with Gasteiger partial charge in [-0.2, -0.15) is 0 Å². The molecule has 0 radical (unpaired) electrons. The third kappa shape index (κ3) is 13.5. The quantitative estimate of drug-likeness (QED) is 0.0436. The lowest BCUT2D eigenvalue weighted by molar-refractivity contribution is 0.182. The van der Waals surface area contributed by atoms with Crippen LogP contribution in [0.2, 0.25) is 0 Å². The van der Waals surface area contributed by atoms with E-state index in [1.165, 1.54) is 44.5 Å². The number of benzene rings is 8. The molecular formula is C76H86N4O8. The van der Waals surface area contributed by atoms with Crippen molar-refractivity contribution in [3.63, 3.8) is 0 Å². The number of rotatable bonds is 25. The molecule has 0 amide bonds. The fourth-order valence-electron chi connectivity index (χ4n) is 14.5. The fourth-order valence-corrected chi connectivity index (χ4v) is 14.5. The minimum absolute atomic E-state index is 0.0101. The average molecular weight is 1180 g/mol. The predicted octanol–water partition coefficient (Wildman–Crippen LogP) is 16.6. The van der Waals surface area contributed by atoms with Gasteiger partial charge in [-0.15, -0.1) is 0 Å². The molecule has 12 nitrogen and oxygen atoms in total. The topological polar surface area (TPSA) is 122 Å². The van der Waals surface area contributed by atoms with Crippen LogP contribution in [0.5, 0.6) is 69.0 Å². The van der Waals surface area contributed by atoms with E-state index in [9.17, 15) is 0 Å². The molecule has 0 bridgehead atoms. The van der Waals surface area contributed by atoms with Crippen LogP contribution in [0, 0.1) is 23.7 Å². The summed E-state index contributed by atoms with van der Waals surface area (Å²) in [5, 5.41) is 16.6. The molecule has 0 saturated heterocycles. The number of methoxy groups -OCH3 is 4. The molecule has 0 fully saturated rings. The van der Waals surface area contributed by atoms with Gasteiger partial charge in [0.25, 0.3) is 0 Å². The van der Waals surface area contributed by atoms with Gasteiger partial charge in [0.1, 0.15) is 23.0 Å². The molecule has 4 aliphatic rings. The molecule has 0 aliphatic carbocycles. The summed E-state index contributed by atoms with van der Waals surface area (Å²) in [5.41, 5.74) is 10.2. The van der Waals surface area contributed by atoms with Crippen molar-refractivity contribution in [2.45, 2.75) is 102 Å². The Morgan fingerprint density at radius 2 is 0.568 bits per heavy atom. The molecule has 6 atom stereocenters. The molecule has 88 heavy (non-hydrogen) atoms. The Balaban J connectivity index is 0.899. The van der Waals surface area contributed by atoms with Crippen molar-refractivity contribution in [1.29, 1.82) is 0 Å². The summed E-state index contributed by atoms with van der Waals surface area (Å²) in [6.45, 7) is 8.23. The molecule has 6 unspecified atom stereocenters. The first-order valence-corrected chi connectivity index (χ1v) is 32.0. The van der Waals surface area contributed by atoms with Gasteiger partial charge < -0.3 is 59.2 Å². The van der Waals surface area contributed by atoms with Crippen LogP contribution in [0.3, 0.4) is 0 Å².